The van der Waals surface area contributed by atoms with Crippen LogP contribution < -0.4 is 0 Å². The normalized spacial score (nSPS) is 12.7. The monoisotopic (exact) mass is 416 g/mol. The summed E-state index contributed by atoms with van der Waals surface area (Å²) < 4.78 is 1.25. The molecule has 1 aromatic heterocycles. The average Bonchev–Trinajstić information content (AvgIpc) is 2.70. The molecule has 0 bridgehead atoms. The van der Waals surface area contributed by atoms with E-state index in [9.17, 15) is 0 Å². The van der Waals surface area contributed by atoms with Gasteiger partial charge in [0.15, 0.2) is 0 Å². The number of thiophene rings is 1. The summed E-state index contributed by atoms with van der Waals surface area (Å²) in [5, 5.41) is 3.23. The van der Waals surface area contributed by atoms with Crippen LogP contribution >= 0.6 is 68.7 Å². The van der Waals surface area contributed by atoms with Gasteiger partial charge < -0.3 is 0 Å². The Morgan fingerprint density at radius 1 is 1.18 bits per heavy atom. The van der Waals surface area contributed by atoms with Gasteiger partial charge in [0.05, 0.1) is 18.3 Å². The topological polar surface area (TPSA) is 0 Å². The largest absolute Gasteiger partial charge is 0.137 e. The molecule has 0 radical (unpaired) electrons. The van der Waals surface area contributed by atoms with E-state index in [1.54, 1.807) is 17.4 Å². The molecule has 0 nitrogen and oxygen atoms in total. The molecule has 17 heavy (non-hydrogen) atoms. The second kappa shape index (κ2) is 6.11. The van der Waals surface area contributed by atoms with E-state index < -0.39 is 0 Å². The Balaban J connectivity index is 2.12. The molecule has 0 aliphatic carbocycles. The van der Waals surface area contributed by atoms with Crippen molar-refractivity contribution in [2.45, 2.75) is 11.8 Å². The lowest BCUT2D eigenvalue weighted by atomic mass is 10.1. The maximum atomic E-state index is 6.37. The summed E-state index contributed by atoms with van der Waals surface area (Å²) in [5.41, 5.74) is 2.26. The smallest absolute Gasteiger partial charge is 0.0656 e. The molecular formula is C12H8Cl3IS. The highest BCUT2D eigenvalue weighted by molar-refractivity contribution is 14.1. The third-order valence-corrected chi connectivity index (χ3v) is 5.30. The molecule has 0 amide bonds. The summed E-state index contributed by atoms with van der Waals surface area (Å²) in [6.45, 7) is 0. The van der Waals surface area contributed by atoms with Crippen molar-refractivity contribution in [1.82, 2.24) is 0 Å². The van der Waals surface area contributed by atoms with Gasteiger partial charge in [0.2, 0.25) is 0 Å². The second-order valence-electron chi connectivity index (χ2n) is 3.60. The molecule has 1 unspecified atom stereocenters. The van der Waals surface area contributed by atoms with Gasteiger partial charge in [-0.1, -0.05) is 29.3 Å². The molecule has 0 spiro atoms. The van der Waals surface area contributed by atoms with Crippen LogP contribution in [0.2, 0.25) is 10.0 Å². The van der Waals surface area contributed by atoms with E-state index in [0.717, 1.165) is 17.5 Å². The fourth-order valence-electron chi connectivity index (χ4n) is 1.48. The van der Waals surface area contributed by atoms with Gasteiger partial charge in [-0.15, -0.1) is 22.9 Å². The van der Waals surface area contributed by atoms with E-state index in [2.05, 4.69) is 34.0 Å². The van der Waals surface area contributed by atoms with Crippen molar-refractivity contribution in [3.8, 4) is 0 Å². The number of rotatable bonds is 3. The number of alkyl halides is 1. The van der Waals surface area contributed by atoms with Crippen LogP contribution in [0.25, 0.3) is 0 Å². The minimum Gasteiger partial charge on any atom is -0.137 e. The Morgan fingerprint density at radius 2 is 1.94 bits per heavy atom. The van der Waals surface area contributed by atoms with Crippen molar-refractivity contribution in [1.29, 1.82) is 0 Å². The van der Waals surface area contributed by atoms with Crippen molar-refractivity contribution in [3.63, 3.8) is 0 Å². The van der Waals surface area contributed by atoms with Crippen LogP contribution in [-0.4, -0.2) is 0 Å². The summed E-state index contributed by atoms with van der Waals surface area (Å²) in [4.78, 5) is 0. The first kappa shape index (κ1) is 13.9. The van der Waals surface area contributed by atoms with Crippen LogP contribution in [0.4, 0.5) is 0 Å². The zero-order valence-corrected chi connectivity index (χ0v) is 13.8. The Labute approximate surface area is 133 Å². The zero-order valence-electron chi connectivity index (χ0n) is 8.59. The highest BCUT2D eigenvalue weighted by atomic mass is 127. The summed E-state index contributed by atoms with van der Waals surface area (Å²) in [6.07, 6.45) is 0.755. The molecule has 2 rings (SSSR count). The van der Waals surface area contributed by atoms with Crippen molar-refractivity contribution in [3.05, 3.63) is 53.7 Å². The predicted molar refractivity (Wildman–Crippen MR) is 85.8 cm³/mol. The molecule has 5 heteroatoms. The quantitative estimate of drug-likeness (QED) is 0.413. The van der Waals surface area contributed by atoms with Crippen molar-refractivity contribution in [2.75, 3.05) is 0 Å². The van der Waals surface area contributed by atoms with E-state index in [0.29, 0.717) is 10.0 Å². The Hall–Kier alpha value is 0.520. The van der Waals surface area contributed by atoms with E-state index >= 15 is 0 Å². The Kier molecular flexibility index (Phi) is 5.01. The van der Waals surface area contributed by atoms with E-state index in [-0.39, 0.29) is 5.38 Å². The molecule has 1 heterocycles. The fraction of sp³-hybridized carbons (Fsp3) is 0.167. The maximum absolute atomic E-state index is 6.37. The molecule has 0 fully saturated rings. The lowest BCUT2D eigenvalue weighted by molar-refractivity contribution is 0.925. The predicted octanol–water partition coefficient (Wildman–Crippen LogP) is 6.18. The molecule has 0 aliphatic heterocycles. The van der Waals surface area contributed by atoms with E-state index in [1.165, 1.54) is 2.88 Å². The van der Waals surface area contributed by atoms with Crippen LogP contribution in [0.5, 0.6) is 0 Å². The first-order valence-corrected chi connectivity index (χ1v) is 8.03. The van der Waals surface area contributed by atoms with Crippen molar-refractivity contribution < 1.29 is 0 Å². The first-order valence-electron chi connectivity index (χ1n) is 4.88. The van der Waals surface area contributed by atoms with Crippen LogP contribution in [0.15, 0.2) is 29.6 Å². The molecular weight excluding hydrogens is 409 g/mol. The lowest BCUT2D eigenvalue weighted by Gasteiger charge is -2.08. The van der Waals surface area contributed by atoms with Crippen LogP contribution in [0.1, 0.15) is 16.5 Å². The number of hydrogen-bond acceptors (Lipinski definition) is 1. The van der Waals surface area contributed by atoms with E-state index in [1.807, 2.05) is 12.1 Å². The summed E-state index contributed by atoms with van der Waals surface area (Å²) in [7, 11) is 0. The highest BCUT2D eigenvalue weighted by Gasteiger charge is 2.11. The first-order chi connectivity index (χ1) is 8.06. The van der Waals surface area contributed by atoms with Gasteiger partial charge in [0.25, 0.3) is 0 Å². The van der Waals surface area contributed by atoms with E-state index in [4.69, 9.17) is 34.8 Å². The minimum absolute atomic E-state index is 0.0213. The molecule has 90 valence electrons. The van der Waals surface area contributed by atoms with Gasteiger partial charge in [-0.25, -0.2) is 0 Å². The summed E-state index contributed by atoms with van der Waals surface area (Å²) >= 11 is 22.2. The molecule has 0 aliphatic rings. The molecule has 0 N–H and O–H groups in total. The molecule has 1 aromatic carbocycles. The second-order valence-corrected chi connectivity index (χ2v) is 7.75. The number of hydrogen-bond donors (Lipinski definition) is 0. The number of halogens is 4. The third-order valence-electron chi connectivity index (χ3n) is 2.35. The molecule has 1 atom stereocenters. The van der Waals surface area contributed by atoms with Gasteiger partial charge in [-0.2, -0.15) is 0 Å². The van der Waals surface area contributed by atoms with Crippen LogP contribution in [0.3, 0.4) is 0 Å². The van der Waals surface area contributed by atoms with Gasteiger partial charge in [-0.3, -0.25) is 0 Å². The van der Waals surface area contributed by atoms with Gasteiger partial charge in [0.1, 0.15) is 0 Å². The fourth-order valence-corrected chi connectivity index (χ4v) is 3.60. The summed E-state index contributed by atoms with van der Waals surface area (Å²) in [5.74, 6) is 0. The molecule has 0 saturated carbocycles. The average molecular weight is 418 g/mol. The van der Waals surface area contributed by atoms with Gasteiger partial charge in [-0.05, 0) is 63.7 Å². The zero-order chi connectivity index (χ0) is 12.4. The molecule has 0 saturated heterocycles. The molecule has 2 aromatic rings. The minimum atomic E-state index is -0.0213. The maximum Gasteiger partial charge on any atom is 0.0656 e. The van der Waals surface area contributed by atoms with Gasteiger partial charge in [0, 0.05) is 0 Å². The SMILES string of the molecule is Clc1ccc(CC(Cl)c2csc(I)c2)cc1Cl. The standard InChI is InChI=1S/C12H8Cl3IS/c13-9-2-1-7(4-11(9)15)3-10(14)8-5-12(16)17-6-8/h1-2,4-6,10H,3H2. The van der Waals surface area contributed by atoms with Gasteiger partial charge >= 0.3 is 0 Å². The van der Waals surface area contributed by atoms with Crippen LogP contribution in [0, 0.1) is 2.88 Å². The number of benzene rings is 1. The summed E-state index contributed by atoms with van der Waals surface area (Å²) in [6, 6.07) is 7.75. The van der Waals surface area contributed by atoms with Crippen molar-refractivity contribution in [2.24, 2.45) is 0 Å². The Morgan fingerprint density at radius 3 is 2.53 bits per heavy atom. The van der Waals surface area contributed by atoms with Crippen molar-refractivity contribution >= 4 is 68.7 Å². The third kappa shape index (κ3) is 3.74. The highest BCUT2D eigenvalue weighted by Crippen LogP contribution is 2.31. The Bertz CT molecular complexity index is 524. The lowest BCUT2D eigenvalue weighted by Crippen LogP contribution is -1.94. The van der Waals surface area contributed by atoms with Crippen LogP contribution in [-0.2, 0) is 6.42 Å².